The number of carbonyl (C=O) groups excluding carboxylic acids is 2. The van der Waals surface area contributed by atoms with Crippen molar-refractivity contribution in [2.24, 2.45) is 0 Å². The van der Waals surface area contributed by atoms with E-state index in [2.05, 4.69) is 5.32 Å². The Bertz CT molecular complexity index is 806. The van der Waals surface area contributed by atoms with Gasteiger partial charge >= 0.3 is 5.97 Å². The van der Waals surface area contributed by atoms with Gasteiger partial charge in [0.1, 0.15) is 0 Å². The summed E-state index contributed by atoms with van der Waals surface area (Å²) in [5.41, 5.74) is 0.514. The molecule has 1 aliphatic rings. The Morgan fingerprint density at radius 3 is 2.62 bits per heavy atom. The first kappa shape index (κ1) is 17.4. The molecule has 0 aliphatic carbocycles. The van der Waals surface area contributed by atoms with Gasteiger partial charge in [0.2, 0.25) is 6.79 Å². The molecular formula is C18H17NO7. The molecule has 3 rings (SSSR count). The lowest BCUT2D eigenvalue weighted by atomic mass is 10.3. The summed E-state index contributed by atoms with van der Waals surface area (Å²) < 4.78 is 25.8. The fourth-order valence-electron chi connectivity index (χ4n) is 2.23. The van der Waals surface area contributed by atoms with Crippen molar-refractivity contribution in [3.05, 3.63) is 42.5 Å². The number of esters is 1. The number of hydrogen-bond acceptors (Lipinski definition) is 7. The third-order valence-corrected chi connectivity index (χ3v) is 3.44. The second-order valence-electron chi connectivity index (χ2n) is 5.22. The number of para-hydroxylation sites is 2. The van der Waals surface area contributed by atoms with Crippen LogP contribution in [0.5, 0.6) is 23.0 Å². The number of hydrogen-bond donors (Lipinski definition) is 1. The summed E-state index contributed by atoms with van der Waals surface area (Å²) in [4.78, 5) is 23.6. The molecule has 1 heterocycles. The van der Waals surface area contributed by atoms with Crippen molar-refractivity contribution < 1.29 is 33.3 Å². The second kappa shape index (κ2) is 8.11. The lowest BCUT2D eigenvalue weighted by Crippen LogP contribution is -2.23. The van der Waals surface area contributed by atoms with Crippen LogP contribution in [0, 0.1) is 0 Å². The van der Waals surface area contributed by atoms with Crippen molar-refractivity contribution in [3.63, 3.8) is 0 Å². The molecule has 0 unspecified atom stereocenters. The van der Waals surface area contributed by atoms with Crippen LogP contribution in [-0.4, -0.2) is 39.0 Å². The molecule has 26 heavy (non-hydrogen) atoms. The van der Waals surface area contributed by atoms with Gasteiger partial charge in [0.05, 0.1) is 7.11 Å². The van der Waals surface area contributed by atoms with Crippen molar-refractivity contribution in [2.45, 2.75) is 0 Å². The van der Waals surface area contributed by atoms with Crippen molar-refractivity contribution in [3.8, 4) is 23.0 Å². The van der Waals surface area contributed by atoms with Crippen molar-refractivity contribution in [2.75, 3.05) is 32.4 Å². The molecule has 2 aromatic carbocycles. The molecule has 1 aliphatic heterocycles. The van der Waals surface area contributed by atoms with E-state index in [1.165, 1.54) is 7.11 Å². The lowest BCUT2D eigenvalue weighted by molar-refractivity contribution is -0.149. The van der Waals surface area contributed by atoms with Gasteiger partial charge in [-0.05, 0) is 24.3 Å². The Morgan fingerprint density at radius 2 is 1.81 bits per heavy atom. The molecule has 0 aromatic heterocycles. The molecular weight excluding hydrogens is 342 g/mol. The Labute approximate surface area is 149 Å². The Kier molecular flexibility index (Phi) is 5.43. The van der Waals surface area contributed by atoms with Crippen LogP contribution in [0.15, 0.2) is 42.5 Å². The van der Waals surface area contributed by atoms with Gasteiger partial charge in [-0.2, -0.15) is 0 Å². The van der Waals surface area contributed by atoms with E-state index in [1.807, 2.05) is 0 Å². The normalized spacial score (nSPS) is 11.6. The molecule has 1 amide bonds. The van der Waals surface area contributed by atoms with Gasteiger partial charge in [-0.15, -0.1) is 0 Å². The molecule has 0 atom stereocenters. The summed E-state index contributed by atoms with van der Waals surface area (Å²) in [7, 11) is 1.50. The number of anilines is 1. The quantitative estimate of drug-likeness (QED) is 0.756. The number of carbonyl (C=O) groups is 2. The van der Waals surface area contributed by atoms with Crippen LogP contribution >= 0.6 is 0 Å². The molecule has 1 N–H and O–H groups in total. The van der Waals surface area contributed by atoms with Crippen LogP contribution < -0.4 is 24.3 Å². The molecule has 0 fully saturated rings. The van der Waals surface area contributed by atoms with Crippen molar-refractivity contribution >= 4 is 17.6 Å². The smallest absolute Gasteiger partial charge is 0.344 e. The third-order valence-electron chi connectivity index (χ3n) is 3.44. The van der Waals surface area contributed by atoms with E-state index in [0.717, 1.165) is 0 Å². The average Bonchev–Trinajstić information content (AvgIpc) is 3.12. The summed E-state index contributed by atoms with van der Waals surface area (Å²) in [6.07, 6.45) is 0. The maximum atomic E-state index is 11.9. The number of benzene rings is 2. The Hall–Kier alpha value is -3.42. The van der Waals surface area contributed by atoms with Crippen LogP contribution in [0.1, 0.15) is 0 Å². The van der Waals surface area contributed by atoms with E-state index < -0.39 is 18.5 Å². The van der Waals surface area contributed by atoms with E-state index in [4.69, 9.17) is 23.7 Å². The van der Waals surface area contributed by atoms with Gasteiger partial charge in [0.15, 0.2) is 36.2 Å². The first-order chi connectivity index (χ1) is 12.7. The molecule has 8 heteroatoms. The summed E-state index contributed by atoms with van der Waals surface area (Å²) in [5.74, 6) is 0.928. The van der Waals surface area contributed by atoms with Gasteiger partial charge in [-0.1, -0.05) is 12.1 Å². The largest absolute Gasteiger partial charge is 0.493 e. The fourth-order valence-corrected chi connectivity index (χ4v) is 2.23. The number of amides is 1. The van der Waals surface area contributed by atoms with Gasteiger partial charge in [0, 0.05) is 11.8 Å². The van der Waals surface area contributed by atoms with Crippen molar-refractivity contribution in [1.29, 1.82) is 0 Å². The molecule has 2 aromatic rings. The van der Waals surface area contributed by atoms with Crippen LogP contribution in [0.4, 0.5) is 5.69 Å². The molecule has 0 spiro atoms. The fraction of sp³-hybridized carbons (Fsp3) is 0.222. The van der Waals surface area contributed by atoms with E-state index >= 15 is 0 Å². The second-order valence-corrected chi connectivity index (χ2v) is 5.22. The van der Waals surface area contributed by atoms with Gasteiger partial charge in [-0.25, -0.2) is 4.79 Å². The first-order valence-corrected chi connectivity index (χ1v) is 7.76. The van der Waals surface area contributed by atoms with Crippen molar-refractivity contribution in [1.82, 2.24) is 0 Å². The van der Waals surface area contributed by atoms with Crippen LogP contribution in [-0.2, 0) is 14.3 Å². The van der Waals surface area contributed by atoms with Gasteiger partial charge < -0.3 is 29.0 Å². The number of methoxy groups -OCH3 is 1. The Balaban J connectivity index is 1.43. The van der Waals surface area contributed by atoms with Gasteiger partial charge in [0.25, 0.3) is 5.91 Å². The van der Waals surface area contributed by atoms with Crippen LogP contribution in [0.25, 0.3) is 0 Å². The topological polar surface area (TPSA) is 92.3 Å². The highest BCUT2D eigenvalue weighted by molar-refractivity contribution is 5.93. The standard InChI is InChI=1S/C18H17NO7/c1-22-13-4-2-3-5-14(13)23-10-18(21)24-9-17(20)19-12-6-7-15-16(8-12)26-11-25-15/h2-8H,9-11H2,1H3,(H,19,20). The molecule has 0 saturated carbocycles. The minimum absolute atomic E-state index is 0.149. The van der Waals surface area contributed by atoms with E-state index in [-0.39, 0.29) is 13.4 Å². The first-order valence-electron chi connectivity index (χ1n) is 7.76. The Morgan fingerprint density at radius 1 is 1.04 bits per heavy atom. The number of ether oxygens (including phenoxy) is 5. The zero-order chi connectivity index (χ0) is 18.4. The lowest BCUT2D eigenvalue weighted by Gasteiger charge is -2.10. The maximum Gasteiger partial charge on any atom is 0.344 e. The zero-order valence-electron chi connectivity index (χ0n) is 14.0. The number of nitrogens with one attached hydrogen (secondary N) is 1. The van der Waals surface area contributed by atoms with E-state index in [9.17, 15) is 9.59 Å². The molecule has 0 saturated heterocycles. The molecule has 0 bridgehead atoms. The SMILES string of the molecule is COc1ccccc1OCC(=O)OCC(=O)Nc1ccc2c(c1)OCO2. The highest BCUT2D eigenvalue weighted by atomic mass is 16.7. The minimum Gasteiger partial charge on any atom is -0.493 e. The van der Waals surface area contributed by atoms with E-state index in [0.29, 0.717) is 28.7 Å². The maximum absolute atomic E-state index is 11.9. The molecule has 136 valence electrons. The molecule has 8 nitrogen and oxygen atoms in total. The summed E-state index contributed by atoms with van der Waals surface area (Å²) in [6.45, 7) is -0.614. The van der Waals surface area contributed by atoms with E-state index in [1.54, 1.807) is 42.5 Å². The summed E-state index contributed by atoms with van der Waals surface area (Å²) >= 11 is 0. The summed E-state index contributed by atoms with van der Waals surface area (Å²) in [5, 5.41) is 2.61. The highest BCUT2D eigenvalue weighted by Crippen LogP contribution is 2.34. The minimum atomic E-state index is -0.670. The van der Waals surface area contributed by atoms with Gasteiger partial charge in [-0.3, -0.25) is 4.79 Å². The average molecular weight is 359 g/mol. The third kappa shape index (κ3) is 4.35. The highest BCUT2D eigenvalue weighted by Gasteiger charge is 2.15. The summed E-state index contributed by atoms with van der Waals surface area (Å²) in [6, 6.07) is 11.9. The monoisotopic (exact) mass is 359 g/mol. The number of fused-ring (bicyclic) bond motifs is 1. The van der Waals surface area contributed by atoms with Crippen LogP contribution in [0.2, 0.25) is 0 Å². The predicted octanol–water partition coefficient (Wildman–Crippen LogP) is 1.98. The predicted molar refractivity (Wildman–Crippen MR) is 90.6 cm³/mol. The molecule has 0 radical (unpaired) electrons. The zero-order valence-corrected chi connectivity index (χ0v) is 14.0. The number of rotatable bonds is 7. The van der Waals surface area contributed by atoms with Crippen LogP contribution in [0.3, 0.4) is 0 Å².